The minimum Gasteiger partial charge on any atom is -0.448 e. The second kappa shape index (κ2) is 6.52. The zero-order chi connectivity index (χ0) is 16.7. The third-order valence-electron chi connectivity index (χ3n) is 3.44. The SMILES string of the molecule is CSc1nnc2c(n1)-c1ccccc1N[C@H](c1cc(Br)c(I)o1)O2. The molecule has 9 heteroatoms. The Morgan fingerprint density at radius 3 is 2.88 bits per heavy atom. The Labute approximate surface area is 164 Å². The van der Waals surface area contributed by atoms with E-state index in [1.807, 2.05) is 36.6 Å². The number of fused-ring (bicyclic) bond motifs is 3. The zero-order valence-electron chi connectivity index (χ0n) is 12.3. The van der Waals surface area contributed by atoms with Crippen LogP contribution in [0.15, 0.2) is 44.4 Å². The number of aromatic nitrogens is 3. The third kappa shape index (κ3) is 2.88. The highest BCUT2D eigenvalue weighted by molar-refractivity contribution is 14.1. The number of halogens is 2. The van der Waals surface area contributed by atoms with Gasteiger partial charge in [0.15, 0.2) is 9.53 Å². The van der Waals surface area contributed by atoms with Crippen molar-refractivity contribution in [2.75, 3.05) is 11.6 Å². The molecule has 1 N–H and O–H groups in total. The Morgan fingerprint density at radius 1 is 1.29 bits per heavy atom. The van der Waals surface area contributed by atoms with E-state index in [0.717, 1.165) is 19.5 Å². The second-order valence-corrected chi connectivity index (χ2v) is 7.52. The van der Waals surface area contributed by atoms with Gasteiger partial charge in [-0.2, -0.15) is 0 Å². The van der Waals surface area contributed by atoms with E-state index in [1.165, 1.54) is 11.8 Å². The molecule has 0 radical (unpaired) electrons. The minimum absolute atomic E-state index is 0.373. The average Bonchev–Trinajstić information content (AvgIpc) is 2.85. The van der Waals surface area contributed by atoms with Crippen LogP contribution in [-0.4, -0.2) is 21.4 Å². The first-order valence-corrected chi connectivity index (χ1v) is 10.0. The number of furan rings is 1. The van der Waals surface area contributed by atoms with Gasteiger partial charge in [-0.05, 0) is 28.3 Å². The van der Waals surface area contributed by atoms with Gasteiger partial charge in [0.1, 0.15) is 5.69 Å². The highest BCUT2D eigenvalue weighted by atomic mass is 127. The molecular formula is C15H10BrIN4O2S. The van der Waals surface area contributed by atoms with E-state index >= 15 is 0 Å². The molecule has 122 valence electrons. The monoisotopic (exact) mass is 516 g/mol. The lowest BCUT2D eigenvalue weighted by atomic mass is 10.1. The van der Waals surface area contributed by atoms with Crippen molar-refractivity contribution in [2.24, 2.45) is 0 Å². The summed E-state index contributed by atoms with van der Waals surface area (Å²) in [4.78, 5) is 4.57. The van der Waals surface area contributed by atoms with Gasteiger partial charge in [-0.25, -0.2) is 4.98 Å². The molecule has 0 bridgehead atoms. The molecule has 0 aliphatic carbocycles. The van der Waals surface area contributed by atoms with Gasteiger partial charge in [0, 0.05) is 39.9 Å². The molecule has 0 saturated carbocycles. The molecule has 0 saturated heterocycles. The Balaban J connectivity index is 1.86. The average molecular weight is 517 g/mol. The molecule has 0 unspecified atom stereocenters. The van der Waals surface area contributed by atoms with Crippen LogP contribution in [0.3, 0.4) is 0 Å². The van der Waals surface area contributed by atoms with Gasteiger partial charge in [-0.15, -0.1) is 10.2 Å². The van der Waals surface area contributed by atoms with E-state index in [4.69, 9.17) is 9.15 Å². The molecule has 1 aliphatic rings. The van der Waals surface area contributed by atoms with Crippen molar-refractivity contribution in [3.63, 3.8) is 0 Å². The van der Waals surface area contributed by atoms with E-state index in [2.05, 4.69) is 59.0 Å². The standard InChI is InChI=1S/C15H10BrIN4O2S/c1-24-15-19-11-7-4-2-3-5-9(7)18-13(23-14(11)20-21-15)10-6-8(16)12(17)22-10/h2-6,13,18H,1H3/t13-/m0/s1. The predicted octanol–water partition coefficient (Wildman–Crippen LogP) is 4.72. The molecule has 0 amide bonds. The number of anilines is 1. The maximum atomic E-state index is 6.02. The van der Waals surface area contributed by atoms with Crippen LogP contribution in [0.4, 0.5) is 5.69 Å². The zero-order valence-corrected chi connectivity index (χ0v) is 16.8. The van der Waals surface area contributed by atoms with Gasteiger partial charge < -0.3 is 14.5 Å². The summed E-state index contributed by atoms with van der Waals surface area (Å²) in [5.74, 6) is 1.02. The number of benzene rings is 1. The first-order valence-electron chi connectivity index (χ1n) is 6.91. The summed E-state index contributed by atoms with van der Waals surface area (Å²) >= 11 is 7.02. The van der Waals surface area contributed by atoms with Crippen molar-refractivity contribution in [3.8, 4) is 17.1 Å². The van der Waals surface area contributed by atoms with E-state index < -0.39 is 6.23 Å². The van der Waals surface area contributed by atoms with Crippen molar-refractivity contribution in [1.82, 2.24) is 15.2 Å². The fourth-order valence-corrected chi connectivity index (χ4v) is 3.38. The number of nitrogens with one attached hydrogen (secondary N) is 1. The maximum Gasteiger partial charge on any atom is 0.262 e. The number of hydrogen-bond donors (Lipinski definition) is 1. The first kappa shape index (κ1) is 16.2. The normalized spacial score (nSPS) is 15.7. The van der Waals surface area contributed by atoms with E-state index in [0.29, 0.717) is 22.5 Å². The minimum atomic E-state index is -0.525. The van der Waals surface area contributed by atoms with E-state index in [1.54, 1.807) is 0 Å². The van der Waals surface area contributed by atoms with Crippen molar-refractivity contribution in [2.45, 2.75) is 11.4 Å². The highest BCUT2D eigenvalue weighted by Gasteiger charge is 2.28. The Kier molecular flexibility index (Phi) is 4.39. The maximum absolute atomic E-state index is 6.02. The lowest BCUT2D eigenvalue weighted by molar-refractivity contribution is 0.193. The summed E-state index contributed by atoms with van der Waals surface area (Å²) in [5, 5.41) is 12.2. The van der Waals surface area contributed by atoms with Gasteiger partial charge >= 0.3 is 0 Å². The van der Waals surface area contributed by atoms with E-state index in [-0.39, 0.29) is 0 Å². The molecule has 1 atom stereocenters. The number of nitrogens with zero attached hydrogens (tertiary/aromatic N) is 3. The molecule has 2 aromatic heterocycles. The van der Waals surface area contributed by atoms with Crippen molar-refractivity contribution >= 4 is 56.0 Å². The smallest absolute Gasteiger partial charge is 0.262 e. The number of para-hydroxylation sites is 1. The van der Waals surface area contributed by atoms with Crippen LogP contribution >= 0.6 is 50.3 Å². The number of hydrogen-bond acceptors (Lipinski definition) is 7. The molecule has 24 heavy (non-hydrogen) atoms. The van der Waals surface area contributed by atoms with Gasteiger partial charge in [-0.1, -0.05) is 30.0 Å². The third-order valence-corrected chi connectivity index (χ3v) is 6.11. The van der Waals surface area contributed by atoms with Crippen LogP contribution in [0.1, 0.15) is 12.0 Å². The van der Waals surface area contributed by atoms with Crippen molar-refractivity contribution in [3.05, 3.63) is 44.3 Å². The predicted molar refractivity (Wildman–Crippen MR) is 103 cm³/mol. The van der Waals surface area contributed by atoms with Crippen LogP contribution in [-0.2, 0) is 0 Å². The van der Waals surface area contributed by atoms with Crippen LogP contribution in [0.5, 0.6) is 5.88 Å². The van der Waals surface area contributed by atoms with Crippen LogP contribution < -0.4 is 10.1 Å². The molecule has 3 heterocycles. The Morgan fingerprint density at radius 2 is 2.12 bits per heavy atom. The highest BCUT2D eigenvalue weighted by Crippen LogP contribution is 2.40. The van der Waals surface area contributed by atoms with Crippen LogP contribution in [0.25, 0.3) is 11.3 Å². The van der Waals surface area contributed by atoms with Gasteiger partial charge in [0.05, 0.1) is 4.47 Å². The van der Waals surface area contributed by atoms with Crippen molar-refractivity contribution in [1.29, 1.82) is 0 Å². The molecule has 6 nitrogen and oxygen atoms in total. The largest absolute Gasteiger partial charge is 0.448 e. The lowest BCUT2D eigenvalue weighted by Crippen LogP contribution is -2.16. The summed E-state index contributed by atoms with van der Waals surface area (Å²) in [7, 11) is 0. The number of ether oxygens (including phenoxy) is 1. The number of rotatable bonds is 2. The molecule has 1 aliphatic heterocycles. The quantitative estimate of drug-likeness (QED) is 0.390. The lowest BCUT2D eigenvalue weighted by Gasteiger charge is -2.16. The Bertz CT molecular complexity index is 901. The molecule has 3 aromatic rings. The number of thioether (sulfide) groups is 1. The first-order chi connectivity index (χ1) is 11.7. The molecule has 0 fully saturated rings. The molecule has 4 rings (SSSR count). The molecule has 0 spiro atoms. The van der Waals surface area contributed by atoms with Crippen molar-refractivity contribution < 1.29 is 9.15 Å². The fourth-order valence-electron chi connectivity index (χ4n) is 2.36. The van der Waals surface area contributed by atoms with Gasteiger partial charge in [0.2, 0.25) is 11.4 Å². The van der Waals surface area contributed by atoms with Gasteiger partial charge in [-0.3, -0.25) is 0 Å². The molecular weight excluding hydrogens is 507 g/mol. The van der Waals surface area contributed by atoms with Crippen LogP contribution in [0.2, 0.25) is 0 Å². The summed E-state index contributed by atoms with van der Waals surface area (Å²) in [6, 6.07) is 9.75. The van der Waals surface area contributed by atoms with E-state index in [9.17, 15) is 0 Å². The summed E-state index contributed by atoms with van der Waals surface area (Å²) in [5.41, 5.74) is 2.48. The summed E-state index contributed by atoms with van der Waals surface area (Å²) < 4.78 is 13.4. The topological polar surface area (TPSA) is 73.1 Å². The summed E-state index contributed by atoms with van der Waals surface area (Å²) in [6.45, 7) is 0. The fraction of sp³-hybridized carbons (Fsp3) is 0.133. The summed E-state index contributed by atoms with van der Waals surface area (Å²) in [6.07, 6.45) is 1.39. The molecule has 1 aromatic carbocycles. The Hall–Kier alpha value is -1.33. The van der Waals surface area contributed by atoms with Gasteiger partial charge in [0.25, 0.3) is 5.88 Å². The van der Waals surface area contributed by atoms with Crippen LogP contribution in [0, 0.1) is 3.77 Å². The second-order valence-electron chi connectivity index (χ2n) is 4.91.